The highest BCUT2D eigenvalue weighted by Gasteiger charge is 2.38. The van der Waals surface area contributed by atoms with Gasteiger partial charge in [0.15, 0.2) is 11.6 Å². The number of imidazole rings is 1. The summed E-state index contributed by atoms with van der Waals surface area (Å²) in [5.41, 5.74) is 6.07. The molecule has 0 unspecified atom stereocenters. The Labute approximate surface area is 261 Å². The summed E-state index contributed by atoms with van der Waals surface area (Å²) >= 11 is 0. The van der Waals surface area contributed by atoms with Gasteiger partial charge in [-0.2, -0.15) is 0 Å². The van der Waals surface area contributed by atoms with E-state index >= 15 is 0 Å². The standard InChI is InChI=1S/C35H46N4O5/c1-9-42-20-30-37-31-32(39(30)21-35(6)22-43-34(4,5)44-23-35)24(2)25(3)36-33(31)38(18-26-10-14-28(40-7)15-11-26)19-27-12-16-29(41-8)17-13-27/h10-17H,9,18-23H2,1-8H3. The molecule has 9 nitrogen and oxygen atoms in total. The lowest BCUT2D eigenvalue weighted by molar-refractivity contribution is -0.284. The molecule has 1 saturated heterocycles. The largest absolute Gasteiger partial charge is 0.497 e. The molecule has 2 aromatic carbocycles. The van der Waals surface area contributed by atoms with Crippen LogP contribution in [0.5, 0.6) is 11.5 Å². The van der Waals surface area contributed by atoms with E-state index < -0.39 is 5.79 Å². The van der Waals surface area contributed by atoms with Crippen molar-refractivity contribution >= 4 is 16.9 Å². The average Bonchev–Trinajstić information content (AvgIpc) is 3.37. The molecule has 0 aliphatic carbocycles. The minimum atomic E-state index is -0.586. The first-order valence-electron chi connectivity index (χ1n) is 15.3. The maximum Gasteiger partial charge on any atom is 0.162 e. The predicted octanol–water partition coefficient (Wildman–Crippen LogP) is 6.60. The Kier molecular flexibility index (Phi) is 9.48. The number of pyridine rings is 1. The van der Waals surface area contributed by atoms with Crippen LogP contribution in [0.4, 0.5) is 5.82 Å². The van der Waals surface area contributed by atoms with Crippen LogP contribution in [0.2, 0.25) is 0 Å². The number of benzene rings is 2. The van der Waals surface area contributed by atoms with Gasteiger partial charge in [-0.15, -0.1) is 0 Å². The van der Waals surface area contributed by atoms with Gasteiger partial charge in [-0.25, -0.2) is 9.97 Å². The minimum absolute atomic E-state index is 0.236. The molecule has 1 aliphatic rings. The zero-order valence-electron chi connectivity index (χ0n) is 27.4. The van der Waals surface area contributed by atoms with Crippen LogP contribution in [-0.2, 0) is 40.5 Å². The lowest BCUT2D eigenvalue weighted by atomic mass is 9.91. The van der Waals surface area contributed by atoms with E-state index in [0.717, 1.165) is 56.6 Å². The molecule has 5 rings (SSSR count). The monoisotopic (exact) mass is 602 g/mol. The summed E-state index contributed by atoms with van der Waals surface area (Å²) in [5, 5.41) is 0. The number of methoxy groups -OCH3 is 2. The number of nitrogens with zero attached hydrogens (tertiary/aromatic N) is 4. The van der Waals surface area contributed by atoms with E-state index in [9.17, 15) is 0 Å². The van der Waals surface area contributed by atoms with Gasteiger partial charge in [0.2, 0.25) is 0 Å². The summed E-state index contributed by atoms with van der Waals surface area (Å²) in [6.45, 7) is 16.5. The van der Waals surface area contributed by atoms with Crippen LogP contribution in [0.25, 0.3) is 11.0 Å². The fourth-order valence-corrected chi connectivity index (χ4v) is 5.56. The fraction of sp³-hybridized carbons (Fsp3) is 0.486. The third-order valence-electron chi connectivity index (χ3n) is 8.31. The van der Waals surface area contributed by atoms with E-state index in [0.29, 0.717) is 46.1 Å². The SMILES string of the molecule is CCOCc1nc2c(N(Cc3ccc(OC)cc3)Cc3ccc(OC)cc3)nc(C)c(C)c2n1CC1(C)COC(C)(C)OC1. The van der Waals surface area contributed by atoms with Crippen LogP contribution in [0.1, 0.15) is 55.9 Å². The molecular weight excluding hydrogens is 556 g/mol. The minimum Gasteiger partial charge on any atom is -0.497 e. The van der Waals surface area contributed by atoms with Gasteiger partial charge in [-0.05, 0) is 75.6 Å². The molecule has 44 heavy (non-hydrogen) atoms. The van der Waals surface area contributed by atoms with Crippen molar-refractivity contribution in [2.75, 3.05) is 38.9 Å². The van der Waals surface area contributed by atoms with Gasteiger partial charge in [-0.1, -0.05) is 31.2 Å². The summed E-state index contributed by atoms with van der Waals surface area (Å²) in [6.07, 6.45) is 0. The molecule has 9 heteroatoms. The highest BCUT2D eigenvalue weighted by Crippen LogP contribution is 2.36. The van der Waals surface area contributed by atoms with E-state index in [-0.39, 0.29) is 5.41 Å². The third kappa shape index (κ3) is 7.01. The number of anilines is 1. The molecule has 1 fully saturated rings. The quantitative estimate of drug-likeness (QED) is 0.180. The van der Waals surface area contributed by atoms with Gasteiger partial charge >= 0.3 is 0 Å². The van der Waals surface area contributed by atoms with Crippen LogP contribution in [0.15, 0.2) is 48.5 Å². The zero-order chi connectivity index (χ0) is 31.5. The van der Waals surface area contributed by atoms with Gasteiger partial charge in [0.1, 0.15) is 29.4 Å². The van der Waals surface area contributed by atoms with Gasteiger partial charge < -0.3 is 33.2 Å². The van der Waals surface area contributed by atoms with Crippen LogP contribution in [0.3, 0.4) is 0 Å². The van der Waals surface area contributed by atoms with Crippen LogP contribution >= 0.6 is 0 Å². The fourth-order valence-electron chi connectivity index (χ4n) is 5.56. The van der Waals surface area contributed by atoms with E-state index in [1.165, 1.54) is 0 Å². The summed E-state index contributed by atoms with van der Waals surface area (Å²) in [6, 6.07) is 16.4. The molecule has 236 valence electrons. The Morgan fingerprint density at radius 3 is 1.89 bits per heavy atom. The van der Waals surface area contributed by atoms with Gasteiger partial charge in [0.05, 0.1) is 33.0 Å². The Balaban J connectivity index is 1.62. The molecule has 0 atom stereocenters. The third-order valence-corrected chi connectivity index (χ3v) is 8.31. The second kappa shape index (κ2) is 13.1. The number of aryl methyl sites for hydroxylation is 2. The lowest BCUT2D eigenvalue weighted by Crippen LogP contribution is -2.47. The van der Waals surface area contributed by atoms with E-state index in [4.69, 9.17) is 33.7 Å². The van der Waals surface area contributed by atoms with E-state index in [2.05, 4.69) is 54.5 Å². The van der Waals surface area contributed by atoms with Crippen molar-refractivity contribution in [1.82, 2.24) is 14.5 Å². The van der Waals surface area contributed by atoms with Crippen molar-refractivity contribution in [3.05, 3.63) is 76.7 Å². The average molecular weight is 603 g/mol. The number of aromatic nitrogens is 3. The molecule has 3 heterocycles. The Hall–Kier alpha value is -3.66. The van der Waals surface area contributed by atoms with Gasteiger partial charge in [-0.3, -0.25) is 0 Å². The van der Waals surface area contributed by atoms with Crippen LogP contribution in [0, 0.1) is 19.3 Å². The molecule has 0 saturated carbocycles. The molecular formula is C35H46N4O5. The Morgan fingerprint density at radius 2 is 1.39 bits per heavy atom. The number of ether oxygens (including phenoxy) is 5. The molecule has 1 aliphatic heterocycles. The van der Waals surface area contributed by atoms with E-state index in [1.807, 2.05) is 45.0 Å². The second-order valence-corrected chi connectivity index (χ2v) is 12.4. The first-order valence-corrected chi connectivity index (χ1v) is 15.3. The molecule has 0 bridgehead atoms. The zero-order valence-corrected chi connectivity index (χ0v) is 27.4. The summed E-state index contributed by atoms with van der Waals surface area (Å²) in [7, 11) is 3.37. The molecule has 2 aromatic heterocycles. The Morgan fingerprint density at radius 1 is 0.841 bits per heavy atom. The number of fused-ring (bicyclic) bond motifs is 1. The first kappa shape index (κ1) is 31.8. The maximum atomic E-state index is 6.12. The summed E-state index contributed by atoms with van der Waals surface area (Å²) in [4.78, 5) is 12.7. The molecule has 0 amide bonds. The number of hydrogen-bond donors (Lipinski definition) is 0. The van der Waals surface area contributed by atoms with Crippen molar-refractivity contribution in [1.29, 1.82) is 0 Å². The van der Waals surface area contributed by atoms with Crippen LogP contribution < -0.4 is 14.4 Å². The van der Waals surface area contributed by atoms with Crippen LogP contribution in [-0.4, -0.2) is 54.4 Å². The maximum absolute atomic E-state index is 6.12. The molecule has 0 radical (unpaired) electrons. The predicted molar refractivity (Wildman–Crippen MR) is 172 cm³/mol. The summed E-state index contributed by atoms with van der Waals surface area (Å²) < 4.78 is 31.3. The lowest BCUT2D eigenvalue weighted by Gasteiger charge is -2.41. The van der Waals surface area contributed by atoms with Crippen molar-refractivity contribution < 1.29 is 23.7 Å². The van der Waals surface area contributed by atoms with Crippen molar-refractivity contribution in [2.24, 2.45) is 5.41 Å². The van der Waals surface area contributed by atoms with Crippen molar-refractivity contribution in [3.63, 3.8) is 0 Å². The molecule has 0 N–H and O–H groups in total. The number of hydrogen-bond acceptors (Lipinski definition) is 8. The normalized spacial score (nSPS) is 15.8. The topological polar surface area (TPSA) is 80.1 Å². The Bertz CT molecular complexity index is 1500. The highest BCUT2D eigenvalue weighted by molar-refractivity contribution is 5.90. The van der Waals surface area contributed by atoms with E-state index in [1.54, 1.807) is 14.2 Å². The highest BCUT2D eigenvalue weighted by atomic mass is 16.7. The molecule has 4 aromatic rings. The molecule has 0 spiro atoms. The second-order valence-electron chi connectivity index (χ2n) is 12.4. The number of rotatable bonds is 12. The van der Waals surface area contributed by atoms with Crippen molar-refractivity contribution in [3.8, 4) is 11.5 Å². The first-order chi connectivity index (χ1) is 21.0. The summed E-state index contributed by atoms with van der Waals surface area (Å²) in [5.74, 6) is 2.78. The van der Waals surface area contributed by atoms with Gasteiger partial charge in [0, 0.05) is 37.4 Å². The van der Waals surface area contributed by atoms with Gasteiger partial charge in [0.25, 0.3) is 0 Å². The van der Waals surface area contributed by atoms with Crippen molar-refractivity contribution in [2.45, 2.75) is 73.6 Å². The smallest absolute Gasteiger partial charge is 0.162 e.